The van der Waals surface area contributed by atoms with E-state index in [9.17, 15) is 15.1 Å². The summed E-state index contributed by atoms with van der Waals surface area (Å²) in [7, 11) is 0. The van der Waals surface area contributed by atoms with E-state index in [4.69, 9.17) is 27.9 Å². The van der Waals surface area contributed by atoms with E-state index < -0.39 is 5.91 Å². The molecule has 0 bridgehead atoms. The van der Waals surface area contributed by atoms with Gasteiger partial charge in [-0.05, 0) is 42.0 Å². The Labute approximate surface area is 192 Å². The van der Waals surface area contributed by atoms with Crippen molar-refractivity contribution in [1.82, 2.24) is 19.8 Å². The van der Waals surface area contributed by atoms with Gasteiger partial charge in [0.05, 0.1) is 22.3 Å². The number of carbonyl (C=O) groups excluding carboxylic acids is 1. The molecular weight excluding hydrogens is 455 g/mol. The highest BCUT2D eigenvalue weighted by Crippen LogP contribution is 2.33. The molecule has 0 saturated heterocycles. The van der Waals surface area contributed by atoms with Gasteiger partial charge in [-0.3, -0.25) is 10.0 Å². The Kier molecular flexibility index (Phi) is 6.27. The predicted molar refractivity (Wildman–Crippen MR) is 118 cm³/mol. The van der Waals surface area contributed by atoms with Gasteiger partial charge in [0.25, 0.3) is 0 Å². The van der Waals surface area contributed by atoms with E-state index in [2.05, 4.69) is 10.1 Å². The van der Waals surface area contributed by atoms with Crippen LogP contribution in [0, 0.1) is 0 Å². The minimum atomic E-state index is -0.797. The average Bonchev–Trinajstić information content (AvgIpc) is 3.28. The second-order valence-corrected chi connectivity index (χ2v) is 7.51. The van der Waals surface area contributed by atoms with Crippen molar-refractivity contribution in [3.63, 3.8) is 0 Å². The molecule has 1 heterocycles. The summed E-state index contributed by atoms with van der Waals surface area (Å²) in [5.41, 5.74) is 1.03. The summed E-state index contributed by atoms with van der Waals surface area (Å²) >= 11 is 11.8. The lowest BCUT2D eigenvalue weighted by molar-refractivity contribution is -0.0656. The van der Waals surface area contributed by atoms with Crippen molar-refractivity contribution >= 4 is 29.1 Å². The van der Waals surface area contributed by atoms with Crippen molar-refractivity contribution in [2.75, 3.05) is 0 Å². The lowest BCUT2D eigenvalue weighted by Gasteiger charge is -2.14. The molecule has 4 rings (SSSR count). The normalized spacial score (nSPS) is 10.7. The minimum absolute atomic E-state index is 0.0252. The fraction of sp³-hybridized carbons (Fsp3) is 0.0455. The van der Waals surface area contributed by atoms with E-state index in [1.165, 1.54) is 23.1 Å². The molecule has 0 aliphatic heterocycles. The quantitative estimate of drug-likeness (QED) is 0.300. The summed E-state index contributed by atoms with van der Waals surface area (Å²) in [5, 5.41) is 24.6. The number of phenolic OH excluding ortho intramolecular Hbond substituents is 1. The fourth-order valence-electron chi connectivity index (χ4n) is 2.86. The zero-order chi connectivity index (χ0) is 22.7. The monoisotopic (exact) mass is 470 g/mol. The van der Waals surface area contributed by atoms with Gasteiger partial charge in [-0.25, -0.2) is 14.7 Å². The molecule has 0 aliphatic carbocycles. The molecule has 2 N–H and O–H groups in total. The largest absolute Gasteiger partial charge is 0.505 e. The molecule has 1 aromatic heterocycles. The van der Waals surface area contributed by atoms with Crippen LogP contribution in [0.25, 0.3) is 5.69 Å². The highest BCUT2D eigenvalue weighted by atomic mass is 35.5. The summed E-state index contributed by atoms with van der Waals surface area (Å²) in [5.74, 6) is -0.0454. The SMILES string of the molecule is O=C(c1ncn(-c2cc(Cl)c(O)c(Cl)c2)n1)N(O)Cc1cccc(Oc2ccccc2)c1. The Morgan fingerprint density at radius 1 is 1.00 bits per heavy atom. The predicted octanol–water partition coefficient (Wildman–Crippen LogP) is 5.10. The molecule has 8 nitrogen and oxygen atoms in total. The molecule has 0 spiro atoms. The number of carbonyl (C=O) groups is 1. The van der Waals surface area contributed by atoms with Crippen LogP contribution in [0.4, 0.5) is 0 Å². The van der Waals surface area contributed by atoms with Gasteiger partial charge < -0.3 is 9.84 Å². The standard InChI is InChI=1S/C22H16Cl2N4O4/c23-18-10-15(11-19(24)20(18)29)27-13-25-21(26-27)22(30)28(31)12-14-5-4-8-17(9-14)32-16-6-2-1-3-7-16/h1-11,13,29,31H,12H2. The molecule has 0 atom stereocenters. The number of halogens is 2. The van der Waals surface area contributed by atoms with E-state index in [1.54, 1.807) is 24.3 Å². The topological polar surface area (TPSA) is 101 Å². The van der Waals surface area contributed by atoms with Gasteiger partial charge in [-0.2, -0.15) is 0 Å². The van der Waals surface area contributed by atoms with Gasteiger partial charge in [-0.15, -0.1) is 5.10 Å². The van der Waals surface area contributed by atoms with E-state index in [0.717, 1.165) is 0 Å². The van der Waals surface area contributed by atoms with Gasteiger partial charge >= 0.3 is 5.91 Å². The molecule has 0 fully saturated rings. The minimum Gasteiger partial charge on any atom is -0.505 e. The van der Waals surface area contributed by atoms with Crippen LogP contribution >= 0.6 is 23.2 Å². The number of phenols is 1. The van der Waals surface area contributed by atoms with Gasteiger partial charge in [0.2, 0.25) is 5.82 Å². The van der Waals surface area contributed by atoms with E-state index >= 15 is 0 Å². The molecule has 3 aromatic carbocycles. The molecule has 4 aromatic rings. The first-order valence-corrected chi connectivity index (χ1v) is 10.1. The van der Waals surface area contributed by atoms with Crippen molar-refractivity contribution in [3.8, 4) is 22.9 Å². The molecule has 0 unspecified atom stereocenters. The lowest BCUT2D eigenvalue weighted by Crippen LogP contribution is -2.28. The molecule has 32 heavy (non-hydrogen) atoms. The Morgan fingerprint density at radius 3 is 2.41 bits per heavy atom. The average molecular weight is 471 g/mol. The summed E-state index contributed by atoms with van der Waals surface area (Å²) < 4.78 is 7.03. The third kappa shape index (κ3) is 4.83. The maximum absolute atomic E-state index is 12.6. The van der Waals surface area contributed by atoms with Crippen LogP contribution < -0.4 is 4.74 Å². The zero-order valence-electron chi connectivity index (χ0n) is 16.4. The molecular formula is C22H16Cl2N4O4. The van der Waals surface area contributed by atoms with Crippen LogP contribution in [0.2, 0.25) is 10.0 Å². The maximum atomic E-state index is 12.6. The molecule has 162 valence electrons. The number of hydrogen-bond acceptors (Lipinski definition) is 6. The fourth-order valence-corrected chi connectivity index (χ4v) is 3.34. The highest BCUT2D eigenvalue weighted by molar-refractivity contribution is 6.37. The first-order valence-electron chi connectivity index (χ1n) is 9.33. The summed E-state index contributed by atoms with van der Waals surface area (Å²) in [4.78, 5) is 16.5. The second-order valence-electron chi connectivity index (χ2n) is 6.70. The first kappa shape index (κ1) is 21.6. The van der Waals surface area contributed by atoms with Crippen molar-refractivity contribution in [3.05, 3.63) is 94.5 Å². The van der Waals surface area contributed by atoms with Crippen molar-refractivity contribution < 1.29 is 19.8 Å². The Bertz CT molecular complexity index is 1240. The smallest absolute Gasteiger partial charge is 0.317 e. The molecule has 0 radical (unpaired) electrons. The summed E-state index contributed by atoms with van der Waals surface area (Å²) in [6, 6.07) is 19.1. The number of para-hydroxylation sites is 1. The first-order chi connectivity index (χ1) is 15.4. The van der Waals surface area contributed by atoms with Gasteiger partial charge in [0, 0.05) is 0 Å². The number of hydrogen-bond donors (Lipinski definition) is 2. The van der Waals surface area contributed by atoms with Crippen molar-refractivity contribution in [1.29, 1.82) is 0 Å². The van der Waals surface area contributed by atoms with Crippen LogP contribution in [-0.2, 0) is 6.54 Å². The van der Waals surface area contributed by atoms with Gasteiger partial charge in [0.15, 0.2) is 5.75 Å². The molecule has 0 saturated carbocycles. The number of aromatic nitrogens is 3. The molecule has 0 aliphatic rings. The molecule has 10 heteroatoms. The van der Waals surface area contributed by atoms with Crippen LogP contribution in [0.3, 0.4) is 0 Å². The summed E-state index contributed by atoms with van der Waals surface area (Å²) in [6.45, 7) is -0.101. The maximum Gasteiger partial charge on any atom is 0.317 e. The Balaban J connectivity index is 1.46. The highest BCUT2D eigenvalue weighted by Gasteiger charge is 2.20. The van der Waals surface area contributed by atoms with Crippen molar-refractivity contribution in [2.24, 2.45) is 0 Å². The Morgan fingerprint density at radius 2 is 1.69 bits per heavy atom. The lowest BCUT2D eigenvalue weighted by atomic mass is 10.2. The zero-order valence-corrected chi connectivity index (χ0v) is 17.9. The van der Waals surface area contributed by atoms with Crippen LogP contribution in [0.1, 0.15) is 16.2 Å². The van der Waals surface area contributed by atoms with E-state index in [0.29, 0.717) is 27.8 Å². The molecule has 1 amide bonds. The Hall–Kier alpha value is -3.59. The van der Waals surface area contributed by atoms with E-state index in [-0.39, 0.29) is 28.2 Å². The van der Waals surface area contributed by atoms with E-state index in [1.807, 2.05) is 30.3 Å². The number of benzene rings is 3. The number of nitrogens with zero attached hydrogens (tertiary/aromatic N) is 4. The third-order valence-corrected chi connectivity index (χ3v) is 4.97. The number of rotatable bonds is 6. The van der Waals surface area contributed by atoms with Gasteiger partial charge in [0.1, 0.15) is 17.8 Å². The van der Waals surface area contributed by atoms with Crippen LogP contribution in [0.15, 0.2) is 73.1 Å². The second kappa shape index (κ2) is 9.27. The number of hydroxylamine groups is 2. The number of amides is 1. The third-order valence-electron chi connectivity index (χ3n) is 4.39. The van der Waals surface area contributed by atoms with Crippen molar-refractivity contribution in [2.45, 2.75) is 6.54 Å². The summed E-state index contributed by atoms with van der Waals surface area (Å²) in [6.07, 6.45) is 1.27. The van der Waals surface area contributed by atoms with Crippen LogP contribution in [-0.4, -0.2) is 36.0 Å². The number of aromatic hydroxyl groups is 1. The van der Waals surface area contributed by atoms with Crippen LogP contribution in [0.5, 0.6) is 17.2 Å². The number of ether oxygens (including phenoxy) is 1. The van der Waals surface area contributed by atoms with Gasteiger partial charge in [-0.1, -0.05) is 53.5 Å².